The Morgan fingerprint density at radius 3 is 2.23 bits per heavy atom. The maximum atomic E-state index is 13.5. The number of hydrogen-bond donors (Lipinski definition) is 2. The number of H-pyrrole nitrogens is 1. The van der Waals surface area contributed by atoms with E-state index in [4.69, 9.17) is 18.9 Å². The van der Waals surface area contributed by atoms with Gasteiger partial charge in [-0.15, -0.1) is 0 Å². The van der Waals surface area contributed by atoms with Crippen molar-refractivity contribution in [1.29, 1.82) is 0 Å². The third-order valence-electron chi connectivity index (χ3n) is 7.22. The van der Waals surface area contributed by atoms with Gasteiger partial charge in [0.2, 0.25) is 0 Å². The molecular weight excluding hydrogens is 512 g/mol. The van der Waals surface area contributed by atoms with Crippen LogP contribution in [-0.2, 0) is 16.0 Å². The van der Waals surface area contributed by atoms with Crippen molar-refractivity contribution in [3.05, 3.63) is 89.1 Å². The summed E-state index contributed by atoms with van der Waals surface area (Å²) < 4.78 is 21.5. The summed E-state index contributed by atoms with van der Waals surface area (Å²) in [5, 5.41) is 12.3. The summed E-state index contributed by atoms with van der Waals surface area (Å²) >= 11 is 0. The normalized spacial score (nSPS) is 16.4. The number of hydrogen-bond acceptors (Lipinski definition) is 7. The molecule has 9 nitrogen and oxygen atoms in total. The van der Waals surface area contributed by atoms with Gasteiger partial charge in [-0.3, -0.25) is 9.59 Å². The van der Waals surface area contributed by atoms with Gasteiger partial charge in [0.25, 0.3) is 11.7 Å². The number of ketones is 1. The van der Waals surface area contributed by atoms with Gasteiger partial charge in [-0.1, -0.05) is 6.07 Å². The maximum absolute atomic E-state index is 13.5. The second-order valence-electron chi connectivity index (χ2n) is 9.31. The molecule has 5 rings (SSSR count). The fourth-order valence-electron chi connectivity index (χ4n) is 5.12. The monoisotopic (exact) mass is 542 g/mol. The number of rotatable bonds is 9. The molecule has 1 amide bonds. The van der Waals surface area contributed by atoms with E-state index in [1.807, 2.05) is 24.4 Å². The number of aliphatic hydroxyl groups is 1. The number of fused-ring (bicyclic) bond motifs is 1. The van der Waals surface area contributed by atoms with Gasteiger partial charge < -0.3 is 33.9 Å². The topological polar surface area (TPSA) is 110 Å². The summed E-state index contributed by atoms with van der Waals surface area (Å²) in [6, 6.07) is 16.8. The molecule has 3 aromatic carbocycles. The highest BCUT2D eigenvalue weighted by Gasteiger charge is 2.46. The van der Waals surface area contributed by atoms with Crippen LogP contribution in [0.4, 0.5) is 0 Å². The standard InChI is InChI=1S/C31H30N2O7/c1-37-21-8-5-18(6-9-21)29(34)27-28(19-7-12-25(39-3)26(15-19)40-4)33(31(36)30(27)35)14-13-20-17-32-24-11-10-22(38-2)16-23(20)24/h5-12,15-17,28,32,34H,13-14H2,1-4H3/t28-/m1/s1. The molecule has 1 fully saturated rings. The Morgan fingerprint density at radius 1 is 0.850 bits per heavy atom. The van der Waals surface area contributed by atoms with Crippen LogP contribution in [0.1, 0.15) is 22.7 Å². The van der Waals surface area contributed by atoms with Crippen LogP contribution in [-0.4, -0.2) is 61.7 Å². The zero-order chi connectivity index (χ0) is 28.4. The summed E-state index contributed by atoms with van der Waals surface area (Å²) in [6.45, 7) is 0.229. The van der Waals surface area contributed by atoms with Crippen molar-refractivity contribution < 1.29 is 33.6 Å². The summed E-state index contributed by atoms with van der Waals surface area (Å²) in [4.78, 5) is 31.7. The first-order valence-corrected chi connectivity index (χ1v) is 12.7. The molecule has 0 saturated carbocycles. The van der Waals surface area contributed by atoms with Gasteiger partial charge >= 0.3 is 0 Å². The molecule has 2 heterocycles. The van der Waals surface area contributed by atoms with Crippen LogP contribution in [0.15, 0.2) is 72.4 Å². The number of carbonyl (C=O) groups is 2. The summed E-state index contributed by atoms with van der Waals surface area (Å²) in [7, 11) is 6.20. The van der Waals surface area contributed by atoms with E-state index >= 15 is 0 Å². The van der Waals surface area contributed by atoms with E-state index in [0.29, 0.717) is 34.8 Å². The molecule has 1 aromatic heterocycles. The number of aromatic amines is 1. The molecule has 206 valence electrons. The van der Waals surface area contributed by atoms with Crippen molar-refractivity contribution in [1.82, 2.24) is 9.88 Å². The molecule has 1 aliphatic rings. The molecule has 9 heteroatoms. The van der Waals surface area contributed by atoms with E-state index in [0.717, 1.165) is 22.2 Å². The van der Waals surface area contributed by atoms with E-state index in [-0.39, 0.29) is 17.9 Å². The fourth-order valence-corrected chi connectivity index (χ4v) is 5.12. The SMILES string of the molecule is COc1ccc(C(O)=C2C(=O)C(=O)N(CCc3c[nH]c4ccc(OC)cc34)[C@@H]2c2ccc(OC)c(OC)c2)cc1. The molecule has 2 N–H and O–H groups in total. The smallest absolute Gasteiger partial charge is 0.295 e. The fraction of sp³-hybridized carbons (Fsp3) is 0.226. The predicted molar refractivity (Wildman–Crippen MR) is 150 cm³/mol. The zero-order valence-electron chi connectivity index (χ0n) is 22.7. The minimum Gasteiger partial charge on any atom is -0.507 e. The van der Waals surface area contributed by atoms with Crippen molar-refractivity contribution in [2.75, 3.05) is 35.0 Å². The Balaban J connectivity index is 1.58. The number of methoxy groups -OCH3 is 4. The number of aliphatic hydroxyl groups excluding tert-OH is 1. The number of amides is 1. The molecule has 0 aliphatic carbocycles. The lowest BCUT2D eigenvalue weighted by molar-refractivity contribution is -0.139. The van der Waals surface area contributed by atoms with Crippen molar-refractivity contribution in [2.24, 2.45) is 0 Å². The van der Waals surface area contributed by atoms with Gasteiger partial charge in [0.1, 0.15) is 17.3 Å². The average molecular weight is 543 g/mol. The molecule has 0 unspecified atom stereocenters. The van der Waals surface area contributed by atoms with Gasteiger partial charge in [-0.05, 0) is 72.1 Å². The van der Waals surface area contributed by atoms with Crippen LogP contribution in [0.2, 0.25) is 0 Å². The quantitative estimate of drug-likeness (QED) is 0.176. The Labute approximate surface area is 231 Å². The summed E-state index contributed by atoms with van der Waals surface area (Å²) in [5.74, 6) is 0.563. The van der Waals surface area contributed by atoms with Crippen molar-refractivity contribution in [2.45, 2.75) is 12.5 Å². The molecule has 0 radical (unpaired) electrons. The van der Waals surface area contributed by atoms with Crippen LogP contribution >= 0.6 is 0 Å². The molecule has 1 atom stereocenters. The van der Waals surface area contributed by atoms with E-state index in [1.165, 1.54) is 19.1 Å². The molecule has 1 saturated heterocycles. The maximum Gasteiger partial charge on any atom is 0.295 e. The Hall–Kier alpha value is -4.92. The number of Topliss-reactive ketones (excluding diaryl/α,β-unsaturated/α-hetero) is 1. The minimum absolute atomic E-state index is 0.00276. The van der Waals surface area contributed by atoms with Crippen LogP contribution in [0.3, 0.4) is 0 Å². The number of nitrogens with one attached hydrogen (secondary N) is 1. The van der Waals surface area contributed by atoms with Crippen molar-refractivity contribution in [3.8, 4) is 23.0 Å². The number of ether oxygens (including phenoxy) is 4. The predicted octanol–water partition coefficient (Wildman–Crippen LogP) is 4.87. The lowest BCUT2D eigenvalue weighted by atomic mass is 9.94. The van der Waals surface area contributed by atoms with Gasteiger partial charge in [0.15, 0.2) is 11.5 Å². The van der Waals surface area contributed by atoms with Gasteiger partial charge in [0.05, 0.1) is 40.1 Å². The first kappa shape index (κ1) is 26.7. The van der Waals surface area contributed by atoms with Crippen LogP contribution < -0.4 is 18.9 Å². The van der Waals surface area contributed by atoms with Crippen molar-refractivity contribution >= 4 is 28.4 Å². The Kier molecular flexibility index (Phi) is 7.37. The highest BCUT2D eigenvalue weighted by molar-refractivity contribution is 6.46. The summed E-state index contributed by atoms with van der Waals surface area (Å²) in [6.07, 6.45) is 2.36. The molecule has 1 aliphatic heterocycles. The Bertz CT molecular complexity index is 1600. The molecule has 4 aromatic rings. The second kappa shape index (κ2) is 11.1. The second-order valence-corrected chi connectivity index (χ2v) is 9.31. The van der Waals surface area contributed by atoms with Gasteiger partial charge in [-0.2, -0.15) is 0 Å². The van der Waals surface area contributed by atoms with E-state index in [9.17, 15) is 14.7 Å². The van der Waals surface area contributed by atoms with E-state index < -0.39 is 17.7 Å². The highest BCUT2D eigenvalue weighted by atomic mass is 16.5. The van der Waals surface area contributed by atoms with Crippen LogP contribution in [0.25, 0.3) is 16.7 Å². The van der Waals surface area contributed by atoms with Crippen molar-refractivity contribution in [3.63, 3.8) is 0 Å². The molecule has 0 bridgehead atoms. The third kappa shape index (κ3) is 4.70. The number of aromatic nitrogens is 1. The van der Waals surface area contributed by atoms with Gasteiger partial charge in [0, 0.05) is 29.2 Å². The lowest BCUT2D eigenvalue weighted by Crippen LogP contribution is -2.31. The molecule has 0 spiro atoms. The van der Waals surface area contributed by atoms with Crippen LogP contribution in [0.5, 0.6) is 23.0 Å². The Morgan fingerprint density at radius 2 is 1.55 bits per heavy atom. The van der Waals surface area contributed by atoms with E-state index in [1.54, 1.807) is 56.7 Å². The zero-order valence-corrected chi connectivity index (χ0v) is 22.7. The van der Waals surface area contributed by atoms with Crippen LogP contribution in [0, 0.1) is 0 Å². The highest BCUT2D eigenvalue weighted by Crippen LogP contribution is 2.42. The third-order valence-corrected chi connectivity index (χ3v) is 7.22. The first-order chi connectivity index (χ1) is 19.4. The number of carbonyl (C=O) groups excluding carboxylic acids is 2. The number of benzene rings is 3. The molecule has 40 heavy (non-hydrogen) atoms. The molecular formula is C31H30N2O7. The summed E-state index contributed by atoms with van der Waals surface area (Å²) in [5.41, 5.74) is 2.91. The first-order valence-electron chi connectivity index (χ1n) is 12.7. The largest absolute Gasteiger partial charge is 0.507 e. The van der Waals surface area contributed by atoms with Gasteiger partial charge in [-0.25, -0.2) is 0 Å². The lowest BCUT2D eigenvalue weighted by Gasteiger charge is -2.26. The number of likely N-dealkylation sites (tertiary alicyclic amines) is 1. The van der Waals surface area contributed by atoms with E-state index in [2.05, 4.69) is 4.98 Å². The average Bonchev–Trinajstić information content (AvgIpc) is 3.52. The number of nitrogens with zero attached hydrogens (tertiary/aromatic N) is 1. The minimum atomic E-state index is -0.846.